The molecular weight excluding hydrogens is 340 g/mol. The molecule has 0 aromatic heterocycles. The summed E-state index contributed by atoms with van der Waals surface area (Å²) in [5.41, 5.74) is 3.15. The van der Waals surface area contributed by atoms with Crippen LogP contribution in [0.1, 0.15) is 44.4 Å². The molecule has 0 bridgehead atoms. The Morgan fingerprint density at radius 2 is 1.74 bits per heavy atom. The highest BCUT2D eigenvalue weighted by Gasteiger charge is 2.15. The first-order valence-electron chi connectivity index (χ1n) is 9.33. The lowest BCUT2D eigenvalue weighted by atomic mass is 10.0. The van der Waals surface area contributed by atoms with Gasteiger partial charge in [0, 0.05) is 24.6 Å². The summed E-state index contributed by atoms with van der Waals surface area (Å²) in [4.78, 5) is 12.4. The van der Waals surface area contributed by atoms with E-state index in [0.717, 1.165) is 6.42 Å². The first-order chi connectivity index (χ1) is 13.0. The quantitative estimate of drug-likeness (QED) is 0.690. The van der Waals surface area contributed by atoms with Crippen molar-refractivity contribution in [3.63, 3.8) is 0 Å². The fraction of sp³-hybridized carbons (Fsp3) is 0.409. The van der Waals surface area contributed by atoms with Crippen molar-refractivity contribution in [2.24, 2.45) is 0 Å². The van der Waals surface area contributed by atoms with E-state index in [1.54, 1.807) is 32.4 Å². The molecule has 0 spiro atoms. The number of ether oxygens (including phenoxy) is 2. The van der Waals surface area contributed by atoms with Gasteiger partial charge in [-0.25, -0.2) is 0 Å². The Hall–Kier alpha value is -2.53. The number of methoxy groups -OCH3 is 2. The highest BCUT2D eigenvalue weighted by molar-refractivity contribution is 5.92. The van der Waals surface area contributed by atoms with Crippen LogP contribution in [0.2, 0.25) is 0 Å². The van der Waals surface area contributed by atoms with Crippen molar-refractivity contribution in [2.75, 3.05) is 19.5 Å². The van der Waals surface area contributed by atoms with Crippen LogP contribution in [-0.2, 0) is 11.2 Å². The summed E-state index contributed by atoms with van der Waals surface area (Å²) < 4.78 is 10.5. The van der Waals surface area contributed by atoms with Gasteiger partial charge in [-0.05, 0) is 43.5 Å². The number of carbonyl (C=O) groups is 1. The first-order valence-corrected chi connectivity index (χ1v) is 9.33. The lowest BCUT2D eigenvalue weighted by molar-refractivity contribution is -0.116. The number of aryl methyl sites for hydroxylation is 1. The van der Waals surface area contributed by atoms with Crippen molar-refractivity contribution in [1.82, 2.24) is 5.32 Å². The van der Waals surface area contributed by atoms with E-state index in [-0.39, 0.29) is 18.0 Å². The van der Waals surface area contributed by atoms with Gasteiger partial charge in [-0.1, -0.05) is 31.2 Å². The van der Waals surface area contributed by atoms with Crippen molar-refractivity contribution in [3.05, 3.63) is 53.6 Å². The fourth-order valence-electron chi connectivity index (χ4n) is 3.02. The first kappa shape index (κ1) is 20.8. The van der Waals surface area contributed by atoms with Crippen LogP contribution in [0.4, 0.5) is 5.69 Å². The highest BCUT2D eigenvalue weighted by atomic mass is 16.5. The van der Waals surface area contributed by atoms with Crippen molar-refractivity contribution < 1.29 is 14.3 Å². The Bertz CT molecular complexity index is 744. The highest BCUT2D eigenvalue weighted by Crippen LogP contribution is 2.29. The Kier molecular flexibility index (Phi) is 7.67. The van der Waals surface area contributed by atoms with Gasteiger partial charge in [-0.2, -0.15) is 0 Å². The Morgan fingerprint density at radius 1 is 1.04 bits per heavy atom. The molecule has 2 aromatic carbocycles. The summed E-state index contributed by atoms with van der Waals surface area (Å²) in [6.07, 6.45) is 1.39. The Labute approximate surface area is 162 Å². The van der Waals surface area contributed by atoms with Gasteiger partial charge < -0.3 is 20.1 Å². The lowest BCUT2D eigenvalue weighted by Crippen LogP contribution is -2.32. The molecule has 2 rings (SSSR count). The predicted octanol–water partition coefficient (Wildman–Crippen LogP) is 4.33. The summed E-state index contributed by atoms with van der Waals surface area (Å²) in [6.45, 7) is 6.27. The van der Waals surface area contributed by atoms with Crippen LogP contribution < -0.4 is 20.1 Å². The molecule has 2 N–H and O–H groups in total. The molecule has 146 valence electrons. The number of carbonyl (C=O) groups excluding carboxylic acids is 1. The standard InChI is InChI=1S/C22H30N2O3/c1-6-17-7-9-18(10-8-17)16(3)23-15(2)13-22(25)24-20-14-19(26-4)11-12-21(20)27-5/h7-12,14-16,23H,6,13H2,1-5H3,(H,24,25). The van der Waals surface area contributed by atoms with Crippen LogP contribution >= 0.6 is 0 Å². The number of anilines is 1. The third-order valence-electron chi connectivity index (χ3n) is 4.59. The predicted molar refractivity (Wildman–Crippen MR) is 110 cm³/mol. The Morgan fingerprint density at radius 3 is 2.33 bits per heavy atom. The number of hydrogen-bond donors (Lipinski definition) is 2. The minimum atomic E-state index is -0.0740. The molecule has 0 aliphatic rings. The summed E-state index contributed by atoms with van der Waals surface area (Å²) in [7, 11) is 3.17. The van der Waals surface area contributed by atoms with E-state index in [1.807, 2.05) is 6.92 Å². The SMILES string of the molecule is CCc1ccc(C(C)NC(C)CC(=O)Nc2cc(OC)ccc2OC)cc1. The van der Waals surface area contributed by atoms with Crippen LogP contribution in [0.25, 0.3) is 0 Å². The summed E-state index contributed by atoms with van der Waals surface area (Å²) >= 11 is 0. The maximum absolute atomic E-state index is 12.4. The van der Waals surface area contributed by atoms with E-state index in [1.165, 1.54) is 11.1 Å². The van der Waals surface area contributed by atoms with Crippen LogP contribution in [0, 0.1) is 0 Å². The second-order valence-corrected chi connectivity index (χ2v) is 6.70. The normalized spacial score (nSPS) is 12.9. The molecule has 0 saturated carbocycles. The van der Waals surface area contributed by atoms with Gasteiger partial charge in [-0.3, -0.25) is 4.79 Å². The second-order valence-electron chi connectivity index (χ2n) is 6.70. The van der Waals surface area contributed by atoms with E-state index in [0.29, 0.717) is 23.6 Å². The average Bonchev–Trinajstić information content (AvgIpc) is 2.67. The molecule has 2 atom stereocenters. The zero-order valence-electron chi connectivity index (χ0n) is 16.8. The fourth-order valence-corrected chi connectivity index (χ4v) is 3.02. The van der Waals surface area contributed by atoms with E-state index < -0.39 is 0 Å². The van der Waals surface area contributed by atoms with Crippen LogP contribution in [0.3, 0.4) is 0 Å². The van der Waals surface area contributed by atoms with Gasteiger partial charge in [-0.15, -0.1) is 0 Å². The minimum Gasteiger partial charge on any atom is -0.497 e. The van der Waals surface area contributed by atoms with Crippen LogP contribution in [0.5, 0.6) is 11.5 Å². The molecule has 1 amide bonds. The Balaban J connectivity index is 1.93. The smallest absolute Gasteiger partial charge is 0.226 e. The molecule has 27 heavy (non-hydrogen) atoms. The van der Waals surface area contributed by atoms with Gasteiger partial charge in [0.05, 0.1) is 19.9 Å². The molecule has 0 fully saturated rings. The molecule has 5 heteroatoms. The third-order valence-corrected chi connectivity index (χ3v) is 4.59. The zero-order chi connectivity index (χ0) is 19.8. The number of benzene rings is 2. The maximum atomic E-state index is 12.4. The number of rotatable bonds is 9. The van der Waals surface area contributed by atoms with E-state index in [4.69, 9.17) is 9.47 Å². The monoisotopic (exact) mass is 370 g/mol. The van der Waals surface area contributed by atoms with Crippen LogP contribution in [0.15, 0.2) is 42.5 Å². The molecule has 0 aliphatic heterocycles. The van der Waals surface area contributed by atoms with E-state index >= 15 is 0 Å². The molecule has 0 saturated heterocycles. The van der Waals surface area contributed by atoms with Crippen molar-refractivity contribution in [2.45, 2.75) is 45.7 Å². The molecular formula is C22H30N2O3. The van der Waals surface area contributed by atoms with Crippen LogP contribution in [-0.4, -0.2) is 26.2 Å². The zero-order valence-corrected chi connectivity index (χ0v) is 16.8. The summed E-state index contributed by atoms with van der Waals surface area (Å²) in [5.74, 6) is 1.20. The molecule has 0 aliphatic carbocycles. The lowest BCUT2D eigenvalue weighted by Gasteiger charge is -2.21. The van der Waals surface area contributed by atoms with Gasteiger partial charge in [0.2, 0.25) is 5.91 Å². The largest absolute Gasteiger partial charge is 0.497 e. The molecule has 2 unspecified atom stereocenters. The topological polar surface area (TPSA) is 59.6 Å². The number of nitrogens with one attached hydrogen (secondary N) is 2. The van der Waals surface area contributed by atoms with E-state index in [2.05, 4.69) is 48.7 Å². The second kappa shape index (κ2) is 9.97. The maximum Gasteiger partial charge on any atom is 0.226 e. The molecule has 2 aromatic rings. The number of hydrogen-bond acceptors (Lipinski definition) is 4. The van der Waals surface area contributed by atoms with Crippen molar-refractivity contribution in [1.29, 1.82) is 0 Å². The van der Waals surface area contributed by atoms with Gasteiger partial charge >= 0.3 is 0 Å². The third kappa shape index (κ3) is 6.00. The van der Waals surface area contributed by atoms with Crippen molar-refractivity contribution >= 4 is 11.6 Å². The summed E-state index contributed by atoms with van der Waals surface area (Å²) in [6, 6.07) is 14.1. The summed E-state index contributed by atoms with van der Waals surface area (Å²) in [5, 5.41) is 6.40. The van der Waals surface area contributed by atoms with Gasteiger partial charge in [0.15, 0.2) is 0 Å². The minimum absolute atomic E-state index is 0.0301. The average molecular weight is 370 g/mol. The van der Waals surface area contributed by atoms with E-state index in [9.17, 15) is 4.79 Å². The van der Waals surface area contributed by atoms with Crippen molar-refractivity contribution in [3.8, 4) is 11.5 Å². The molecule has 0 heterocycles. The van der Waals surface area contributed by atoms with Gasteiger partial charge in [0.25, 0.3) is 0 Å². The number of amides is 1. The van der Waals surface area contributed by atoms with Gasteiger partial charge in [0.1, 0.15) is 11.5 Å². The molecule has 0 radical (unpaired) electrons. The molecule has 5 nitrogen and oxygen atoms in total.